The van der Waals surface area contributed by atoms with E-state index < -0.39 is 0 Å². The second kappa shape index (κ2) is 8.51. The summed E-state index contributed by atoms with van der Waals surface area (Å²) in [7, 11) is 0. The highest BCUT2D eigenvalue weighted by Crippen LogP contribution is 2.40. The zero-order valence-corrected chi connectivity index (χ0v) is 15.8. The minimum atomic E-state index is 0. The third-order valence-corrected chi connectivity index (χ3v) is 6.19. The van der Waals surface area contributed by atoms with Crippen molar-refractivity contribution in [2.75, 3.05) is 11.9 Å². The summed E-state index contributed by atoms with van der Waals surface area (Å²) in [6.45, 7) is 1.04. The minimum Gasteiger partial charge on any atom is -0.870 e. The van der Waals surface area contributed by atoms with Gasteiger partial charge < -0.3 is 15.9 Å². The van der Waals surface area contributed by atoms with Crippen LogP contribution in [0.2, 0.25) is 0 Å². The first-order chi connectivity index (χ1) is 12.3. The molecule has 0 atom stereocenters. The number of para-hydroxylation sites is 2. The molecule has 0 aliphatic carbocycles. The van der Waals surface area contributed by atoms with Crippen LogP contribution in [0.3, 0.4) is 0 Å². The van der Waals surface area contributed by atoms with Gasteiger partial charge in [0.2, 0.25) is 5.52 Å². The molecule has 134 valence electrons. The zero-order valence-electron chi connectivity index (χ0n) is 14.1. The van der Waals surface area contributed by atoms with Gasteiger partial charge >= 0.3 is 0 Å². The number of thiazole rings is 1. The first kappa shape index (κ1) is 18.7. The van der Waals surface area contributed by atoms with Gasteiger partial charge in [-0.3, -0.25) is 0 Å². The van der Waals surface area contributed by atoms with Crippen molar-refractivity contribution in [3.8, 4) is 0 Å². The molecule has 1 aromatic heterocycles. The summed E-state index contributed by atoms with van der Waals surface area (Å²) in [4.78, 5) is 1.27. The fourth-order valence-corrected chi connectivity index (χ4v) is 4.89. The van der Waals surface area contributed by atoms with Crippen molar-refractivity contribution in [2.45, 2.75) is 17.9 Å². The Bertz CT molecular complexity index is 936. The Hall–Kier alpha value is -2.12. The average Bonchev–Trinajstić information content (AvgIpc) is 3.20. The molecule has 4 rings (SSSR count). The third-order valence-electron chi connectivity index (χ3n) is 4.03. The molecule has 2 aromatic carbocycles. The van der Waals surface area contributed by atoms with E-state index in [2.05, 4.69) is 70.6 Å². The van der Waals surface area contributed by atoms with Gasteiger partial charge in [0.05, 0.1) is 10.7 Å². The van der Waals surface area contributed by atoms with Crippen LogP contribution >= 0.6 is 23.1 Å². The monoisotopic (exact) mass is 384 g/mol. The zero-order chi connectivity index (χ0) is 17.1. The van der Waals surface area contributed by atoms with E-state index in [9.17, 15) is 5.11 Å². The number of anilines is 1. The molecule has 0 unspecified atom stereocenters. The standard InChI is InChI=1S/C20H18N2OS2.H2O/c23-14-6-13-22-16-8-2-4-10-18(16)25-20(22)12-5-11-19-21-15-7-1-3-9-17(15)24-19;/h1-5,7-12,23H,6,13-14H2;1H2. The highest BCUT2D eigenvalue weighted by Gasteiger charge is 2.17. The van der Waals surface area contributed by atoms with Crippen molar-refractivity contribution in [1.29, 1.82) is 0 Å². The first-order valence-electron chi connectivity index (χ1n) is 8.29. The Morgan fingerprint density at radius 2 is 1.88 bits per heavy atom. The molecular formula is C20H20N2O2S2. The third kappa shape index (κ3) is 3.83. The molecule has 0 amide bonds. The number of rotatable bonds is 5. The minimum absolute atomic E-state index is 0. The normalized spacial score (nSPS) is 14.6. The van der Waals surface area contributed by atoms with E-state index >= 15 is 0 Å². The van der Waals surface area contributed by atoms with E-state index in [0.717, 1.165) is 18.0 Å². The van der Waals surface area contributed by atoms with Gasteiger partial charge in [-0.2, -0.15) is 4.57 Å². The topological polar surface area (TPSA) is 66.1 Å². The summed E-state index contributed by atoms with van der Waals surface area (Å²) < 4.78 is 3.56. The molecule has 0 saturated carbocycles. The van der Waals surface area contributed by atoms with Crippen molar-refractivity contribution in [2.24, 2.45) is 0 Å². The van der Waals surface area contributed by atoms with Gasteiger partial charge in [0.25, 0.3) is 5.01 Å². The van der Waals surface area contributed by atoms with Crippen molar-refractivity contribution in [3.05, 3.63) is 70.7 Å². The van der Waals surface area contributed by atoms with Crippen LogP contribution in [0.15, 0.2) is 70.6 Å². The summed E-state index contributed by atoms with van der Waals surface area (Å²) >= 11 is 3.54. The van der Waals surface area contributed by atoms with E-state index in [-0.39, 0.29) is 12.1 Å². The van der Waals surface area contributed by atoms with Crippen LogP contribution in [0.25, 0.3) is 16.3 Å². The van der Waals surface area contributed by atoms with Crippen LogP contribution in [-0.2, 0) is 6.54 Å². The smallest absolute Gasteiger partial charge is 0.262 e. The Morgan fingerprint density at radius 1 is 1.08 bits per heavy atom. The number of hydrogen-bond acceptors (Lipinski definition) is 5. The van der Waals surface area contributed by atoms with E-state index in [1.807, 2.05) is 6.07 Å². The number of allylic oxidation sites excluding steroid dienone is 2. The number of fused-ring (bicyclic) bond motifs is 2. The summed E-state index contributed by atoms with van der Waals surface area (Å²) in [5.74, 6) is 0. The Kier molecular flexibility index (Phi) is 6.11. The van der Waals surface area contributed by atoms with Gasteiger partial charge in [-0.25, -0.2) is 0 Å². The Balaban J connectivity index is 0.00000196. The number of aromatic nitrogens is 1. The molecular weight excluding hydrogens is 364 g/mol. The molecule has 0 saturated heterocycles. The first-order valence-corrected chi connectivity index (χ1v) is 9.93. The lowest BCUT2D eigenvalue weighted by molar-refractivity contribution is -0.669. The van der Waals surface area contributed by atoms with Crippen LogP contribution in [0.4, 0.5) is 5.69 Å². The Morgan fingerprint density at radius 3 is 2.73 bits per heavy atom. The lowest BCUT2D eigenvalue weighted by Gasteiger charge is -1.96. The second-order valence-electron chi connectivity index (χ2n) is 5.75. The maximum atomic E-state index is 9.19. The molecule has 3 aromatic rings. The molecule has 2 heterocycles. The number of hydrogen-bond donors (Lipinski definition) is 2. The second-order valence-corrected chi connectivity index (χ2v) is 7.90. The van der Waals surface area contributed by atoms with Crippen LogP contribution in [0.1, 0.15) is 11.4 Å². The fraction of sp³-hybridized carbons (Fsp3) is 0.150. The maximum absolute atomic E-state index is 9.19. The summed E-state index contributed by atoms with van der Waals surface area (Å²) in [6, 6.07) is 16.8. The molecule has 1 aliphatic rings. The highest BCUT2D eigenvalue weighted by molar-refractivity contribution is 8.03. The predicted molar refractivity (Wildman–Crippen MR) is 109 cm³/mol. The Labute approximate surface area is 160 Å². The number of nitrogens with one attached hydrogen (secondary N) is 1. The lowest BCUT2D eigenvalue weighted by atomic mass is 10.3. The predicted octanol–water partition coefficient (Wildman–Crippen LogP) is 4.47. The van der Waals surface area contributed by atoms with Gasteiger partial charge in [-0.15, -0.1) is 0 Å². The number of aliphatic hydroxyl groups excluding tert-OH is 1. The van der Waals surface area contributed by atoms with Crippen LogP contribution in [0.5, 0.6) is 0 Å². The summed E-state index contributed by atoms with van der Waals surface area (Å²) in [5, 5.41) is 15.0. The molecule has 0 radical (unpaired) electrons. The van der Waals surface area contributed by atoms with Gasteiger partial charge in [-0.05, 0) is 24.3 Å². The fourth-order valence-electron chi connectivity index (χ4n) is 2.87. The number of aliphatic hydroxyl groups is 1. The van der Waals surface area contributed by atoms with E-state index in [1.165, 1.54) is 25.8 Å². The van der Waals surface area contributed by atoms with Gasteiger partial charge in [0.15, 0.2) is 6.54 Å². The molecule has 6 heteroatoms. The van der Waals surface area contributed by atoms with E-state index in [4.69, 9.17) is 0 Å². The summed E-state index contributed by atoms with van der Waals surface area (Å²) in [5.41, 5.74) is 2.40. The number of thioether (sulfide) groups is 1. The van der Waals surface area contributed by atoms with Crippen LogP contribution in [-0.4, -0.2) is 17.2 Å². The molecule has 26 heavy (non-hydrogen) atoms. The lowest BCUT2D eigenvalue weighted by Crippen LogP contribution is -2.35. The molecule has 0 bridgehead atoms. The quantitative estimate of drug-likeness (QED) is 0.637. The molecule has 0 spiro atoms. The van der Waals surface area contributed by atoms with Crippen molar-refractivity contribution in [3.63, 3.8) is 0 Å². The van der Waals surface area contributed by atoms with Crippen molar-refractivity contribution in [1.82, 2.24) is 0 Å². The van der Waals surface area contributed by atoms with E-state index in [1.54, 1.807) is 23.1 Å². The maximum Gasteiger partial charge on any atom is 0.262 e. The largest absolute Gasteiger partial charge is 0.870 e. The van der Waals surface area contributed by atoms with Crippen LogP contribution in [0, 0.1) is 0 Å². The molecule has 4 nitrogen and oxygen atoms in total. The van der Waals surface area contributed by atoms with Crippen molar-refractivity contribution >= 4 is 45.1 Å². The number of benzene rings is 2. The number of nitrogens with zero attached hydrogens (tertiary/aromatic N) is 1. The summed E-state index contributed by atoms with van der Waals surface area (Å²) in [6.07, 6.45) is 7.13. The SMILES string of the molecule is OCCC[n+]1c(C=CC=C2Nc3ccccc3S2)sc2ccccc21.[OH-]. The number of aryl methyl sites for hydroxylation is 1. The molecule has 0 fully saturated rings. The molecule has 3 N–H and O–H groups in total. The average molecular weight is 385 g/mol. The van der Waals surface area contributed by atoms with Gasteiger partial charge in [0, 0.05) is 30.1 Å². The van der Waals surface area contributed by atoms with Gasteiger partial charge in [0.1, 0.15) is 4.70 Å². The van der Waals surface area contributed by atoms with Gasteiger partial charge in [-0.1, -0.05) is 53.4 Å². The van der Waals surface area contributed by atoms with E-state index in [0.29, 0.717) is 0 Å². The highest BCUT2D eigenvalue weighted by atomic mass is 32.2. The van der Waals surface area contributed by atoms with Crippen LogP contribution < -0.4 is 9.88 Å². The molecule has 1 aliphatic heterocycles. The van der Waals surface area contributed by atoms with Crippen molar-refractivity contribution < 1.29 is 15.1 Å².